The normalized spacial score (nSPS) is 20.0. The number of nitrogens with zero attached hydrogens (tertiary/aromatic N) is 4. The quantitative estimate of drug-likeness (QED) is 0.223. The van der Waals surface area contributed by atoms with Gasteiger partial charge in [0, 0.05) is 36.2 Å². The Morgan fingerprint density at radius 2 is 1.60 bits per heavy atom. The second-order valence-electron chi connectivity index (χ2n) is 15.5. The van der Waals surface area contributed by atoms with E-state index in [4.69, 9.17) is 17.3 Å². The number of halogens is 1. The van der Waals surface area contributed by atoms with E-state index in [9.17, 15) is 28.8 Å². The minimum atomic E-state index is -1.12. The summed E-state index contributed by atoms with van der Waals surface area (Å²) in [6, 6.07) is 3.02. The summed E-state index contributed by atoms with van der Waals surface area (Å²) in [6.07, 6.45) is 11.7. The molecule has 0 radical (unpaired) electrons. The summed E-state index contributed by atoms with van der Waals surface area (Å²) in [6.45, 7) is 5.96. The summed E-state index contributed by atoms with van der Waals surface area (Å²) in [5.74, 6) is -3.83. The molecule has 286 valence electrons. The van der Waals surface area contributed by atoms with Gasteiger partial charge < -0.3 is 31.5 Å². The molecule has 14 nitrogen and oxygen atoms in total. The summed E-state index contributed by atoms with van der Waals surface area (Å²) in [5.41, 5.74) is 5.39. The summed E-state index contributed by atoms with van der Waals surface area (Å²) in [5, 5.41) is 9.18. The van der Waals surface area contributed by atoms with Crippen LogP contribution in [0.1, 0.15) is 89.0 Å². The number of benzene rings is 1. The average molecular weight is 751 g/mol. The number of amides is 5. The van der Waals surface area contributed by atoms with Gasteiger partial charge >= 0.3 is 0 Å². The molecule has 1 aromatic heterocycles. The minimum Gasteiger partial charge on any atom is -0.363 e. The second kappa shape index (κ2) is 17.5. The number of hydrogen-bond donors (Lipinski definition) is 4. The highest BCUT2D eigenvalue weighted by atomic mass is 35.5. The monoisotopic (exact) mass is 750 g/mol. The van der Waals surface area contributed by atoms with E-state index in [0.29, 0.717) is 17.1 Å². The van der Waals surface area contributed by atoms with E-state index in [-0.39, 0.29) is 43.1 Å². The van der Waals surface area contributed by atoms with Crippen LogP contribution in [-0.4, -0.2) is 94.0 Å². The largest absolute Gasteiger partial charge is 0.363 e. The van der Waals surface area contributed by atoms with Crippen LogP contribution in [-0.2, 0) is 24.0 Å². The third kappa shape index (κ3) is 10.1. The van der Waals surface area contributed by atoms with Gasteiger partial charge in [-0.05, 0) is 60.8 Å². The lowest BCUT2D eigenvalue weighted by Crippen LogP contribution is -2.66. The number of hydrogen-bond acceptors (Lipinski definition) is 9. The molecule has 3 fully saturated rings. The number of primary amides is 1. The topological polar surface area (TPSA) is 197 Å². The molecule has 1 aliphatic heterocycles. The summed E-state index contributed by atoms with van der Waals surface area (Å²) in [7, 11) is 0. The number of rotatable bonds is 13. The van der Waals surface area contributed by atoms with Crippen molar-refractivity contribution in [3.05, 3.63) is 53.6 Å². The first-order chi connectivity index (χ1) is 25.2. The van der Waals surface area contributed by atoms with Gasteiger partial charge in [0.15, 0.2) is 0 Å². The SMILES string of the molecule is CC(C)(C)[C@H](NC(=O)[C@@H](NC(=O)c1cnccn1)C1CCCCC1)C(=O)N1CCN(c2ccc(Cl)cc2)[C@@H](C(=O)NC(CC2CCC2)C(=O)C(N)=O)C1. The van der Waals surface area contributed by atoms with Crippen LogP contribution >= 0.6 is 11.6 Å². The predicted octanol–water partition coefficient (Wildman–Crippen LogP) is 2.79. The van der Waals surface area contributed by atoms with Crippen LogP contribution in [0.25, 0.3) is 0 Å². The van der Waals surface area contributed by atoms with Gasteiger partial charge in [-0.25, -0.2) is 4.98 Å². The maximum Gasteiger partial charge on any atom is 0.287 e. The minimum absolute atomic E-state index is 0.0634. The zero-order valence-electron chi connectivity index (χ0n) is 30.7. The maximum atomic E-state index is 14.5. The number of nitrogens with two attached hydrogens (primary N) is 1. The molecule has 0 spiro atoms. The Labute approximate surface area is 315 Å². The first-order valence-electron chi connectivity index (χ1n) is 18.5. The van der Waals surface area contributed by atoms with Gasteiger partial charge in [-0.2, -0.15) is 0 Å². The number of carbonyl (C=O) groups excluding carboxylic acids is 6. The zero-order chi connectivity index (χ0) is 38.3. The second-order valence-corrected chi connectivity index (χ2v) is 16.0. The van der Waals surface area contributed by atoms with Crippen LogP contribution in [0.2, 0.25) is 5.02 Å². The Morgan fingerprint density at radius 1 is 0.906 bits per heavy atom. The van der Waals surface area contributed by atoms with Crippen LogP contribution in [0.5, 0.6) is 0 Å². The number of anilines is 1. The molecular formula is C38H51ClN8O6. The van der Waals surface area contributed by atoms with Crippen molar-refractivity contribution >= 4 is 52.6 Å². The van der Waals surface area contributed by atoms with Crippen molar-refractivity contribution in [1.82, 2.24) is 30.8 Å². The fourth-order valence-electron chi connectivity index (χ4n) is 7.44. The highest BCUT2D eigenvalue weighted by Crippen LogP contribution is 2.32. The van der Waals surface area contributed by atoms with E-state index in [1.807, 2.05) is 25.7 Å². The molecule has 15 heteroatoms. The Balaban J connectivity index is 1.38. The number of ketones is 1. The summed E-state index contributed by atoms with van der Waals surface area (Å²) >= 11 is 6.17. The fourth-order valence-corrected chi connectivity index (χ4v) is 7.57. The molecular weight excluding hydrogens is 700 g/mol. The number of aromatic nitrogens is 2. The summed E-state index contributed by atoms with van der Waals surface area (Å²) < 4.78 is 0. The maximum absolute atomic E-state index is 14.5. The number of carbonyl (C=O) groups is 6. The fraction of sp³-hybridized carbons (Fsp3) is 0.579. The van der Waals surface area contributed by atoms with Crippen molar-refractivity contribution in [2.24, 2.45) is 23.0 Å². The lowest BCUT2D eigenvalue weighted by Gasteiger charge is -2.44. The highest BCUT2D eigenvalue weighted by molar-refractivity contribution is 6.37. The standard InChI is InChI=1S/C38H51ClN8O6/c1-38(2,3)32(45-36(52)30(24-10-5-4-6-11-24)44-34(50)28-21-41-16-17-42-28)37(53)46-18-19-47(26-14-12-25(39)13-15-26)29(22-46)35(51)43-27(31(48)33(40)49)20-23-8-7-9-23/h12-17,21,23-24,27,29-30,32H,4-11,18-20,22H2,1-3H3,(H2,40,49)(H,43,51)(H,44,50)(H,45,52)/t27?,29-,30+,32-/m1/s1. The molecule has 1 saturated heterocycles. The Bertz CT molecular complexity index is 1640. The predicted molar refractivity (Wildman–Crippen MR) is 199 cm³/mol. The highest BCUT2D eigenvalue weighted by Gasteiger charge is 2.43. The average Bonchev–Trinajstić information content (AvgIpc) is 3.13. The van der Waals surface area contributed by atoms with Crippen molar-refractivity contribution < 1.29 is 28.8 Å². The first-order valence-corrected chi connectivity index (χ1v) is 18.9. The van der Waals surface area contributed by atoms with Gasteiger partial charge in [0.25, 0.3) is 11.8 Å². The van der Waals surface area contributed by atoms with Crippen molar-refractivity contribution in [2.45, 2.75) is 103 Å². The van der Waals surface area contributed by atoms with E-state index >= 15 is 0 Å². The molecule has 53 heavy (non-hydrogen) atoms. The van der Waals surface area contributed by atoms with Crippen molar-refractivity contribution in [2.75, 3.05) is 24.5 Å². The van der Waals surface area contributed by atoms with E-state index in [1.165, 1.54) is 18.6 Å². The zero-order valence-corrected chi connectivity index (χ0v) is 31.4. The molecule has 2 aromatic rings. The van der Waals surface area contributed by atoms with Crippen LogP contribution in [0.4, 0.5) is 5.69 Å². The van der Waals surface area contributed by atoms with Crippen LogP contribution < -0.4 is 26.6 Å². The Hall–Kier alpha value is -4.59. The molecule has 2 heterocycles. The first kappa shape index (κ1) is 39.6. The van der Waals surface area contributed by atoms with E-state index in [2.05, 4.69) is 25.9 Å². The smallest absolute Gasteiger partial charge is 0.287 e. The number of nitrogens with one attached hydrogen (secondary N) is 3. The van der Waals surface area contributed by atoms with Gasteiger partial charge in [-0.1, -0.05) is 70.9 Å². The van der Waals surface area contributed by atoms with E-state index in [1.54, 1.807) is 29.2 Å². The molecule has 5 N–H and O–H groups in total. The van der Waals surface area contributed by atoms with Crippen LogP contribution in [0.3, 0.4) is 0 Å². The molecule has 5 amide bonds. The molecule has 2 saturated carbocycles. The molecule has 3 aliphatic rings. The van der Waals surface area contributed by atoms with Gasteiger partial charge in [-0.15, -0.1) is 0 Å². The van der Waals surface area contributed by atoms with E-state index in [0.717, 1.165) is 51.4 Å². The Kier molecular flexibility index (Phi) is 13.1. The molecule has 0 bridgehead atoms. The molecule has 4 atom stereocenters. The lowest BCUT2D eigenvalue weighted by molar-refractivity contribution is -0.142. The van der Waals surface area contributed by atoms with Gasteiger partial charge in [0.2, 0.25) is 23.5 Å². The van der Waals surface area contributed by atoms with Crippen molar-refractivity contribution in [1.29, 1.82) is 0 Å². The Morgan fingerprint density at radius 3 is 2.19 bits per heavy atom. The van der Waals surface area contributed by atoms with Crippen LogP contribution in [0, 0.1) is 17.3 Å². The summed E-state index contributed by atoms with van der Waals surface area (Å²) in [4.78, 5) is 92.3. The number of piperazine rings is 1. The third-order valence-corrected chi connectivity index (χ3v) is 11.0. The molecule has 5 rings (SSSR count). The molecule has 1 unspecified atom stereocenters. The third-order valence-electron chi connectivity index (χ3n) is 10.7. The number of Topliss-reactive ketones (excluding diaryl/α,β-unsaturated/α-hetero) is 1. The molecule has 2 aliphatic carbocycles. The van der Waals surface area contributed by atoms with Gasteiger partial charge in [0.05, 0.1) is 18.8 Å². The van der Waals surface area contributed by atoms with Gasteiger partial charge in [0.1, 0.15) is 23.8 Å². The van der Waals surface area contributed by atoms with Crippen LogP contribution in [0.15, 0.2) is 42.9 Å². The van der Waals surface area contributed by atoms with Gasteiger partial charge in [-0.3, -0.25) is 33.8 Å². The van der Waals surface area contributed by atoms with E-state index < -0.39 is 59.0 Å². The van der Waals surface area contributed by atoms with Crippen molar-refractivity contribution in [3.8, 4) is 0 Å². The lowest BCUT2D eigenvalue weighted by atomic mass is 9.80. The van der Waals surface area contributed by atoms with Crippen molar-refractivity contribution in [3.63, 3.8) is 0 Å². The molecule has 1 aromatic carbocycles.